The van der Waals surface area contributed by atoms with E-state index in [-0.39, 0.29) is 17.2 Å². The van der Waals surface area contributed by atoms with E-state index in [0.29, 0.717) is 5.82 Å². The van der Waals surface area contributed by atoms with Crippen molar-refractivity contribution in [3.63, 3.8) is 0 Å². The fraction of sp³-hybridized carbons (Fsp3) is 0.267. The molecule has 2 N–H and O–H groups in total. The van der Waals surface area contributed by atoms with Crippen molar-refractivity contribution < 1.29 is 4.79 Å². The number of amides is 1. The predicted octanol–water partition coefficient (Wildman–Crippen LogP) is 3.57. The minimum atomic E-state index is -0.0915. The first-order chi connectivity index (χ1) is 9.95. The van der Waals surface area contributed by atoms with Crippen molar-refractivity contribution in [3.8, 4) is 0 Å². The Morgan fingerprint density at radius 2 is 2.14 bits per heavy atom. The molecule has 0 aliphatic rings. The second-order valence-electron chi connectivity index (χ2n) is 4.84. The molecule has 0 aliphatic heterocycles. The van der Waals surface area contributed by atoms with Gasteiger partial charge in [0.1, 0.15) is 5.82 Å². The average Bonchev–Trinajstić information content (AvgIpc) is 2.42. The molecule has 0 saturated carbocycles. The van der Waals surface area contributed by atoms with Crippen molar-refractivity contribution in [1.82, 2.24) is 9.97 Å². The second kappa shape index (κ2) is 6.54. The first kappa shape index (κ1) is 15.3. The molecule has 0 spiro atoms. The summed E-state index contributed by atoms with van der Waals surface area (Å²) in [6.45, 7) is 5.42. The van der Waals surface area contributed by atoms with Crippen LogP contribution in [0.15, 0.2) is 30.5 Å². The molecule has 0 saturated heterocycles. The summed E-state index contributed by atoms with van der Waals surface area (Å²) in [5.41, 5.74) is 2.73. The molecule has 0 fully saturated rings. The fourth-order valence-corrected chi connectivity index (χ4v) is 2.08. The molecule has 1 amide bonds. The lowest BCUT2D eigenvalue weighted by molar-refractivity contribution is -0.114. The average molecular weight is 305 g/mol. The number of rotatable bonds is 4. The molecule has 1 unspecified atom stereocenters. The Labute approximate surface area is 128 Å². The molecule has 1 aromatic heterocycles. The summed E-state index contributed by atoms with van der Waals surface area (Å²) in [5.74, 6) is 0.610. The molecule has 2 rings (SSSR count). The van der Waals surface area contributed by atoms with Gasteiger partial charge in [0, 0.05) is 24.4 Å². The third-order valence-corrected chi connectivity index (χ3v) is 3.18. The third-order valence-electron chi connectivity index (χ3n) is 3.00. The van der Waals surface area contributed by atoms with E-state index in [1.807, 2.05) is 38.1 Å². The van der Waals surface area contributed by atoms with Gasteiger partial charge in [0.25, 0.3) is 0 Å². The first-order valence-electron chi connectivity index (χ1n) is 6.59. The van der Waals surface area contributed by atoms with E-state index < -0.39 is 0 Å². The molecule has 1 atom stereocenters. The number of carbonyl (C=O) groups is 1. The van der Waals surface area contributed by atoms with Crippen LogP contribution in [0.25, 0.3) is 0 Å². The van der Waals surface area contributed by atoms with Gasteiger partial charge < -0.3 is 10.6 Å². The predicted molar refractivity (Wildman–Crippen MR) is 84.6 cm³/mol. The zero-order valence-corrected chi connectivity index (χ0v) is 12.9. The van der Waals surface area contributed by atoms with E-state index in [1.54, 1.807) is 6.20 Å². The van der Waals surface area contributed by atoms with Crippen LogP contribution in [0.2, 0.25) is 5.28 Å². The van der Waals surface area contributed by atoms with Gasteiger partial charge in [-0.25, -0.2) is 9.97 Å². The number of hydrogen-bond donors (Lipinski definition) is 2. The van der Waals surface area contributed by atoms with Crippen LogP contribution in [-0.2, 0) is 4.79 Å². The van der Waals surface area contributed by atoms with E-state index in [1.165, 1.54) is 6.92 Å². The number of aryl methyl sites for hydroxylation is 1. The monoisotopic (exact) mass is 304 g/mol. The molecule has 1 heterocycles. The second-order valence-corrected chi connectivity index (χ2v) is 5.18. The van der Waals surface area contributed by atoms with Crippen molar-refractivity contribution in [2.75, 3.05) is 10.6 Å². The van der Waals surface area contributed by atoms with Crippen molar-refractivity contribution in [3.05, 3.63) is 46.9 Å². The molecule has 110 valence electrons. The quantitative estimate of drug-likeness (QED) is 0.847. The van der Waals surface area contributed by atoms with Gasteiger partial charge in [-0.15, -0.1) is 0 Å². The zero-order chi connectivity index (χ0) is 15.4. The standard InChI is InChI=1S/C15H17ClN4O/c1-9-8-17-15(16)20-14(9)18-10(2)12-5-4-6-13(7-12)19-11(3)21/h4-8,10H,1-3H3,(H,19,21)(H,17,18,20). The van der Waals surface area contributed by atoms with E-state index in [2.05, 4.69) is 20.6 Å². The van der Waals surface area contributed by atoms with Crippen LogP contribution in [0.5, 0.6) is 0 Å². The topological polar surface area (TPSA) is 66.9 Å². The molecule has 2 aromatic rings. The summed E-state index contributed by atoms with van der Waals surface area (Å²) >= 11 is 5.82. The molecule has 6 heteroatoms. The Balaban J connectivity index is 2.18. The molecule has 0 radical (unpaired) electrons. The van der Waals surface area contributed by atoms with Gasteiger partial charge >= 0.3 is 0 Å². The highest BCUT2D eigenvalue weighted by molar-refractivity contribution is 6.28. The fourth-order valence-electron chi connectivity index (χ4n) is 1.94. The van der Waals surface area contributed by atoms with Gasteiger partial charge in [-0.3, -0.25) is 4.79 Å². The van der Waals surface area contributed by atoms with Crippen molar-refractivity contribution in [2.24, 2.45) is 0 Å². The lowest BCUT2D eigenvalue weighted by Gasteiger charge is -2.17. The number of hydrogen-bond acceptors (Lipinski definition) is 4. The van der Waals surface area contributed by atoms with Crippen LogP contribution in [0.4, 0.5) is 11.5 Å². The zero-order valence-electron chi connectivity index (χ0n) is 12.1. The van der Waals surface area contributed by atoms with Crippen LogP contribution in [-0.4, -0.2) is 15.9 Å². The number of halogens is 1. The Kier molecular flexibility index (Phi) is 4.75. The van der Waals surface area contributed by atoms with Gasteiger partial charge in [-0.1, -0.05) is 12.1 Å². The summed E-state index contributed by atoms with van der Waals surface area (Å²) in [5, 5.41) is 6.28. The van der Waals surface area contributed by atoms with Crippen molar-refractivity contribution >= 4 is 29.0 Å². The van der Waals surface area contributed by atoms with Crippen molar-refractivity contribution in [1.29, 1.82) is 0 Å². The lowest BCUT2D eigenvalue weighted by Crippen LogP contribution is -2.11. The Morgan fingerprint density at radius 1 is 1.38 bits per heavy atom. The van der Waals surface area contributed by atoms with Crippen LogP contribution >= 0.6 is 11.6 Å². The largest absolute Gasteiger partial charge is 0.363 e. The van der Waals surface area contributed by atoms with E-state index in [4.69, 9.17) is 11.6 Å². The molecular formula is C15H17ClN4O. The Hall–Kier alpha value is -2.14. The van der Waals surface area contributed by atoms with E-state index in [0.717, 1.165) is 16.8 Å². The van der Waals surface area contributed by atoms with Crippen LogP contribution in [0.1, 0.15) is 31.0 Å². The SMILES string of the molecule is CC(=O)Nc1cccc(C(C)Nc2nc(Cl)ncc2C)c1. The summed E-state index contributed by atoms with van der Waals surface area (Å²) in [6.07, 6.45) is 1.68. The number of nitrogens with one attached hydrogen (secondary N) is 2. The van der Waals surface area contributed by atoms with Crippen LogP contribution < -0.4 is 10.6 Å². The van der Waals surface area contributed by atoms with E-state index >= 15 is 0 Å². The molecule has 5 nitrogen and oxygen atoms in total. The molecular weight excluding hydrogens is 288 g/mol. The molecule has 0 bridgehead atoms. The van der Waals surface area contributed by atoms with E-state index in [9.17, 15) is 4.79 Å². The van der Waals surface area contributed by atoms with Gasteiger partial charge in [-0.05, 0) is 43.1 Å². The Bertz CT molecular complexity index is 660. The molecule has 21 heavy (non-hydrogen) atoms. The summed E-state index contributed by atoms with van der Waals surface area (Å²) < 4.78 is 0. The number of nitrogens with zero attached hydrogens (tertiary/aromatic N) is 2. The van der Waals surface area contributed by atoms with Crippen LogP contribution in [0, 0.1) is 6.92 Å². The summed E-state index contributed by atoms with van der Waals surface area (Å²) in [7, 11) is 0. The highest BCUT2D eigenvalue weighted by Gasteiger charge is 2.10. The number of anilines is 2. The minimum Gasteiger partial charge on any atom is -0.363 e. The van der Waals surface area contributed by atoms with Crippen molar-refractivity contribution in [2.45, 2.75) is 26.8 Å². The number of carbonyl (C=O) groups excluding carboxylic acids is 1. The highest BCUT2D eigenvalue weighted by atomic mass is 35.5. The maximum absolute atomic E-state index is 11.1. The molecule has 1 aromatic carbocycles. The Morgan fingerprint density at radius 3 is 2.86 bits per heavy atom. The van der Waals surface area contributed by atoms with Gasteiger partial charge in [0.15, 0.2) is 0 Å². The normalized spacial score (nSPS) is 11.8. The molecule has 0 aliphatic carbocycles. The third kappa shape index (κ3) is 4.16. The van der Waals surface area contributed by atoms with Gasteiger partial charge in [0.2, 0.25) is 11.2 Å². The smallest absolute Gasteiger partial charge is 0.224 e. The minimum absolute atomic E-state index is 0.0170. The number of benzene rings is 1. The maximum Gasteiger partial charge on any atom is 0.224 e. The summed E-state index contributed by atoms with van der Waals surface area (Å²) in [4.78, 5) is 19.2. The number of aromatic nitrogens is 2. The van der Waals surface area contributed by atoms with Crippen LogP contribution in [0.3, 0.4) is 0 Å². The van der Waals surface area contributed by atoms with Gasteiger partial charge in [-0.2, -0.15) is 0 Å². The maximum atomic E-state index is 11.1. The lowest BCUT2D eigenvalue weighted by atomic mass is 10.1. The van der Waals surface area contributed by atoms with Gasteiger partial charge in [0.05, 0.1) is 6.04 Å². The summed E-state index contributed by atoms with van der Waals surface area (Å²) in [6, 6.07) is 7.69. The first-order valence-corrected chi connectivity index (χ1v) is 6.96. The highest BCUT2D eigenvalue weighted by Crippen LogP contribution is 2.23.